The predicted octanol–water partition coefficient (Wildman–Crippen LogP) is 0.491. The molecule has 1 amide bonds. The first-order valence-electron chi connectivity index (χ1n) is 7.82. The van der Waals surface area contributed by atoms with E-state index in [1.807, 2.05) is 0 Å². The summed E-state index contributed by atoms with van der Waals surface area (Å²) in [5.74, 6) is -2.02. The van der Waals surface area contributed by atoms with Crippen molar-refractivity contribution in [2.75, 3.05) is 19.6 Å². The van der Waals surface area contributed by atoms with Crippen LogP contribution in [0, 0.1) is 5.92 Å². The molecule has 8 nitrogen and oxygen atoms in total. The van der Waals surface area contributed by atoms with Crippen molar-refractivity contribution in [2.45, 2.75) is 24.7 Å². The second kappa shape index (κ2) is 7.75. The maximum Gasteiger partial charge on any atom is 0.308 e. The number of rotatable bonds is 7. The van der Waals surface area contributed by atoms with Crippen LogP contribution < -0.4 is 4.72 Å². The van der Waals surface area contributed by atoms with E-state index < -0.39 is 21.9 Å². The molecule has 0 bridgehead atoms. The summed E-state index contributed by atoms with van der Waals surface area (Å²) in [6.07, 6.45) is 0.350. The van der Waals surface area contributed by atoms with E-state index in [-0.39, 0.29) is 41.7 Å². The van der Waals surface area contributed by atoms with Gasteiger partial charge in [0, 0.05) is 31.6 Å². The number of nitrogens with zero attached hydrogens (tertiary/aromatic N) is 1. The molecule has 9 heteroatoms. The Labute approximate surface area is 145 Å². The number of likely N-dealkylation sites (tertiary alicyclic amines) is 1. The van der Waals surface area contributed by atoms with E-state index in [9.17, 15) is 22.8 Å². The molecule has 0 radical (unpaired) electrons. The number of hydrogen-bond donors (Lipinski definition) is 2. The second-order valence-electron chi connectivity index (χ2n) is 5.90. The van der Waals surface area contributed by atoms with Crippen LogP contribution in [0.4, 0.5) is 0 Å². The van der Waals surface area contributed by atoms with Crippen molar-refractivity contribution in [1.82, 2.24) is 9.62 Å². The standard InChI is InChI=1S/C16H20N2O6S/c1-11(19)12-3-2-4-14(9-12)25(23,24)17-7-5-15(20)18-8-6-13(10-18)16(21)22/h2-4,9,13,17H,5-8,10H2,1H3,(H,21,22). The van der Waals surface area contributed by atoms with Crippen LogP contribution >= 0.6 is 0 Å². The van der Waals surface area contributed by atoms with Crippen LogP contribution in [0.25, 0.3) is 0 Å². The molecule has 1 fully saturated rings. The number of aliphatic carboxylic acids is 1. The van der Waals surface area contributed by atoms with E-state index in [1.54, 1.807) is 0 Å². The number of carboxylic acids is 1. The number of amides is 1. The minimum absolute atomic E-state index is 0.0419. The fourth-order valence-corrected chi connectivity index (χ4v) is 3.68. The Hall–Kier alpha value is -2.26. The zero-order chi connectivity index (χ0) is 18.6. The molecule has 1 heterocycles. The number of Topliss-reactive ketones (excluding diaryl/α,β-unsaturated/α-hetero) is 1. The zero-order valence-corrected chi connectivity index (χ0v) is 14.6. The van der Waals surface area contributed by atoms with E-state index in [0.29, 0.717) is 13.0 Å². The monoisotopic (exact) mass is 368 g/mol. The predicted molar refractivity (Wildman–Crippen MR) is 88.6 cm³/mol. The molecule has 0 spiro atoms. The third kappa shape index (κ3) is 4.86. The van der Waals surface area contributed by atoms with Gasteiger partial charge in [-0.1, -0.05) is 12.1 Å². The van der Waals surface area contributed by atoms with Gasteiger partial charge in [-0.15, -0.1) is 0 Å². The molecule has 1 aromatic rings. The van der Waals surface area contributed by atoms with Crippen molar-refractivity contribution < 1.29 is 27.9 Å². The highest BCUT2D eigenvalue weighted by molar-refractivity contribution is 7.89. The van der Waals surface area contributed by atoms with Crippen molar-refractivity contribution >= 4 is 27.7 Å². The summed E-state index contributed by atoms with van der Waals surface area (Å²) < 4.78 is 26.8. The van der Waals surface area contributed by atoms with Crippen LogP contribution in [0.1, 0.15) is 30.1 Å². The first-order valence-corrected chi connectivity index (χ1v) is 9.30. The van der Waals surface area contributed by atoms with Crippen molar-refractivity contribution in [3.8, 4) is 0 Å². The number of ketones is 1. The highest BCUT2D eigenvalue weighted by Crippen LogP contribution is 2.17. The lowest BCUT2D eigenvalue weighted by molar-refractivity contribution is -0.141. The fourth-order valence-electron chi connectivity index (χ4n) is 2.60. The number of nitrogens with one attached hydrogen (secondary N) is 1. The van der Waals surface area contributed by atoms with Gasteiger partial charge in [-0.3, -0.25) is 14.4 Å². The molecule has 136 valence electrons. The lowest BCUT2D eigenvalue weighted by Gasteiger charge is -2.16. The van der Waals surface area contributed by atoms with Gasteiger partial charge in [-0.05, 0) is 25.5 Å². The number of carbonyl (C=O) groups is 3. The minimum Gasteiger partial charge on any atom is -0.481 e. The van der Waals surface area contributed by atoms with Crippen molar-refractivity contribution in [1.29, 1.82) is 0 Å². The van der Waals surface area contributed by atoms with Crippen LogP contribution in [0.15, 0.2) is 29.2 Å². The number of sulfonamides is 1. The van der Waals surface area contributed by atoms with Gasteiger partial charge in [0.05, 0.1) is 10.8 Å². The molecular weight excluding hydrogens is 348 g/mol. The van der Waals surface area contributed by atoms with Gasteiger partial charge in [0.1, 0.15) is 0 Å². The maximum atomic E-state index is 12.2. The molecule has 1 aliphatic heterocycles. The molecule has 2 N–H and O–H groups in total. The second-order valence-corrected chi connectivity index (χ2v) is 7.66. The van der Waals surface area contributed by atoms with E-state index in [2.05, 4.69) is 4.72 Å². The van der Waals surface area contributed by atoms with Crippen molar-refractivity contribution in [3.63, 3.8) is 0 Å². The Balaban J connectivity index is 1.90. The van der Waals surface area contributed by atoms with Gasteiger partial charge < -0.3 is 10.0 Å². The molecule has 0 aliphatic carbocycles. The lowest BCUT2D eigenvalue weighted by Crippen LogP contribution is -2.33. The third-order valence-electron chi connectivity index (χ3n) is 4.07. The molecule has 1 unspecified atom stereocenters. The summed E-state index contributed by atoms with van der Waals surface area (Å²) >= 11 is 0. The summed E-state index contributed by atoms with van der Waals surface area (Å²) in [7, 11) is -3.83. The summed E-state index contributed by atoms with van der Waals surface area (Å²) in [6.45, 7) is 1.77. The molecule has 0 aromatic heterocycles. The van der Waals surface area contributed by atoms with E-state index in [0.717, 1.165) is 0 Å². The zero-order valence-electron chi connectivity index (χ0n) is 13.8. The number of benzene rings is 1. The summed E-state index contributed by atoms with van der Waals surface area (Å²) in [5, 5.41) is 8.93. The van der Waals surface area contributed by atoms with Crippen LogP contribution in [-0.2, 0) is 19.6 Å². The molecular formula is C16H20N2O6S. The normalized spacial score (nSPS) is 17.5. The van der Waals surface area contributed by atoms with Crippen molar-refractivity contribution in [2.24, 2.45) is 5.92 Å². The Morgan fingerprint density at radius 2 is 2.04 bits per heavy atom. The third-order valence-corrected chi connectivity index (χ3v) is 5.53. The van der Waals surface area contributed by atoms with Crippen LogP contribution in [0.5, 0.6) is 0 Å². The maximum absolute atomic E-state index is 12.2. The number of carboxylic acid groups (broad SMARTS) is 1. The summed E-state index contributed by atoms with van der Waals surface area (Å²) in [4.78, 5) is 35.7. The molecule has 1 atom stereocenters. The van der Waals surface area contributed by atoms with Gasteiger partial charge in [0.15, 0.2) is 5.78 Å². The number of hydrogen-bond acceptors (Lipinski definition) is 5. The first-order chi connectivity index (χ1) is 11.7. The summed E-state index contributed by atoms with van der Waals surface area (Å²) in [6, 6.07) is 5.66. The van der Waals surface area contributed by atoms with Gasteiger partial charge in [-0.25, -0.2) is 13.1 Å². The quantitative estimate of drug-likeness (QED) is 0.676. The van der Waals surface area contributed by atoms with Gasteiger partial charge in [0.25, 0.3) is 0 Å². The molecule has 1 aromatic carbocycles. The summed E-state index contributed by atoms with van der Waals surface area (Å²) in [5.41, 5.74) is 0.288. The average molecular weight is 368 g/mol. The van der Waals surface area contributed by atoms with Gasteiger partial charge in [0.2, 0.25) is 15.9 Å². The van der Waals surface area contributed by atoms with E-state index in [1.165, 1.54) is 36.1 Å². The van der Waals surface area contributed by atoms with Gasteiger partial charge in [-0.2, -0.15) is 0 Å². The van der Waals surface area contributed by atoms with Crippen molar-refractivity contribution in [3.05, 3.63) is 29.8 Å². The molecule has 2 rings (SSSR count). The molecule has 0 saturated carbocycles. The first kappa shape index (κ1) is 19.1. The number of carbonyl (C=O) groups excluding carboxylic acids is 2. The fraction of sp³-hybridized carbons (Fsp3) is 0.438. The van der Waals surface area contributed by atoms with Gasteiger partial charge >= 0.3 is 5.97 Å². The SMILES string of the molecule is CC(=O)c1cccc(S(=O)(=O)NCCC(=O)N2CCC(C(=O)O)C2)c1. The Morgan fingerprint density at radius 1 is 1.32 bits per heavy atom. The Bertz CT molecular complexity index is 790. The molecule has 25 heavy (non-hydrogen) atoms. The van der Waals surface area contributed by atoms with Crippen LogP contribution in [-0.4, -0.2) is 55.7 Å². The molecule has 1 aliphatic rings. The molecule has 1 saturated heterocycles. The highest BCUT2D eigenvalue weighted by atomic mass is 32.2. The Morgan fingerprint density at radius 3 is 2.64 bits per heavy atom. The van der Waals surface area contributed by atoms with Crippen LogP contribution in [0.2, 0.25) is 0 Å². The van der Waals surface area contributed by atoms with Crippen LogP contribution in [0.3, 0.4) is 0 Å². The lowest BCUT2D eigenvalue weighted by atomic mass is 10.1. The smallest absolute Gasteiger partial charge is 0.308 e. The van der Waals surface area contributed by atoms with E-state index >= 15 is 0 Å². The largest absolute Gasteiger partial charge is 0.481 e. The Kier molecular flexibility index (Phi) is 5.91. The average Bonchev–Trinajstić information content (AvgIpc) is 3.05. The highest BCUT2D eigenvalue weighted by Gasteiger charge is 2.30. The topological polar surface area (TPSA) is 121 Å². The minimum atomic E-state index is -3.83. The van der Waals surface area contributed by atoms with E-state index in [4.69, 9.17) is 5.11 Å².